The van der Waals surface area contributed by atoms with Gasteiger partial charge in [0, 0.05) is 55.5 Å². The molecule has 4 heterocycles. The van der Waals surface area contributed by atoms with Crippen molar-refractivity contribution in [3.63, 3.8) is 0 Å². The summed E-state index contributed by atoms with van der Waals surface area (Å²) in [6.07, 6.45) is 8.02. The summed E-state index contributed by atoms with van der Waals surface area (Å²) in [7, 11) is -5.54. The monoisotopic (exact) mass is 680 g/mol. The second kappa shape index (κ2) is 12.4. The Morgan fingerprint density at radius 2 is 1.60 bits per heavy atom. The molecule has 12 nitrogen and oxygen atoms in total. The van der Waals surface area contributed by atoms with Gasteiger partial charge in [-0.15, -0.1) is 0 Å². The van der Waals surface area contributed by atoms with Gasteiger partial charge in [-0.25, -0.2) is 13.4 Å². The van der Waals surface area contributed by atoms with Crippen molar-refractivity contribution < 1.29 is 26.7 Å². The number of carbonyl (C=O) groups is 1. The number of aromatic nitrogens is 2. The van der Waals surface area contributed by atoms with E-state index in [0.717, 1.165) is 36.2 Å². The van der Waals surface area contributed by atoms with Crippen LogP contribution in [-0.2, 0) is 14.6 Å². The number of nitrogens with one attached hydrogen (secondary N) is 1. The van der Waals surface area contributed by atoms with Crippen LogP contribution in [0.3, 0.4) is 0 Å². The second-order valence-electron chi connectivity index (χ2n) is 13.2. The van der Waals surface area contributed by atoms with E-state index in [4.69, 9.17) is 9.40 Å². The summed E-state index contributed by atoms with van der Waals surface area (Å²) in [6.45, 7) is 1.91. The Bertz CT molecular complexity index is 1780. The van der Waals surface area contributed by atoms with E-state index < -0.39 is 26.0 Å². The molecule has 4 aliphatic rings. The molecule has 2 aliphatic heterocycles. The van der Waals surface area contributed by atoms with E-state index in [9.17, 15) is 27.6 Å². The first-order valence-electron chi connectivity index (χ1n) is 16.3. The SMILES string of the molecule is N#CC1(NC(=O)[C@@H]2CCCC[C@H]2c2oc(-c3cncc(N4CCS(=O)(=O)CC4)c3)nc2-c2ccc(N3CCS(O)(O)CC3)cc2)CC1. The zero-order valence-electron chi connectivity index (χ0n) is 26.2. The van der Waals surface area contributed by atoms with Gasteiger partial charge in [-0.1, -0.05) is 25.0 Å². The first-order valence-corrected chi connectivity index (χ1v) is 20.0. The van der Waals surface area contributed by atoms with Gasteiger partial charge >= 0.3 is 0 Å². The van der Waals surface area contributed by atoms with Gasteiger partial charge < -0.3 is 19.5 Å². The number of rotatable bonds is 7. The fourth-order valence-electron chi connectivity index (χ4n) is 6.89. The Kier molecular flexibility index (Phi) is 8.44. The van der Waals surface area contributed by atoms with Gasteiger partial charge in [-0.2, -0.15) is 15.9 Å². The van der Waals surface area contributed by atoms with Crippen LogP contribution < -0.4 is 15.1 Å². The molecule has 14 heteroatoms. The number of pyridine rings is 1. The Balaban J connectivity index is 1.23. The van der Waals surface area contributed by atoms with E-state index in [1.54, 1.807) is 12.4 Å². The van der Waals surface area contributed by atoms with Crippen LogP contribution in [0.2, 0.25) is 0 Å². The summed E-state index contributed by atoms with van der Waals surface area (Å²) >= 11 is 0. The van der Waals surface area contributed by atoms with Crippen molar-refractivity contribution in [2.45, 2.75) is 50.0 Å². The lowest BCUT2D eigenvalue weighted by atomic mass is 9.76. The van der Waals surface area contributed by atoms with Crippen molar-refractivity contribution in [2.24, 2.45) is 5.92 Å². The Labute approximate surface area is 276 Å². The molecule has 1 aromatic carbocycles. The quantitative estimate of drug-likeness (QED) is 0.317. The van der Waals surface area contributed by atoms with Crippen LogP contribution in [0.15, 0.2) is 47.1 Å². The number of hydrogen-bond donors (Lipinski definition) is 3. The van der Waals surface area contributed by atoms with Gasteiger partial charge in [-0.3, -0.25) is 18.9 Å². The lowest BCUT2D eigenvalue weighted by Gasteiger charge is -2.41. The maximum absolute atomic E-state index is 13.6. The standard InChI is InChI=1S/C33H40N6O6S2/c34-22-33(9-10-33)37-31(40)28-4-2-1-3-27(28)30-29(23-5-7-25(8-6-23)38-11-15-46(41,42)16-12-38)36-32(45-30)24-19-26(21-35-20-24)39-13-17-47(43,44)18-14-39/h5-8,19-21,27-28,41-42H,1-4,9-18H2,(H,37,40)/t27-,28-/m1/s1. The van der Waals surface area contributed by atoms with E-state index in [2.05, 4.69) is 21.3 Å². The van der Waals surface area contributed by atoms with Crippen LogP contribution in [0.1, 0.15) is 50.2 Å². The highest BCUT2D eigenvalue weighted by Crippen LogP contribution is 2.46. The highest BCUT2D eigenvalue weighted by atomic mass is 32.3. The van der Waals surface area contributed by atoms with E-state index in [0.29, 0.717) is 79.9 Å². The summed E-state index contributed by atoms with van der Waals surface area (Å²) in [5.41, 5.74) is 3.17. The van der Waals surface area contributed by atoms with Crippen molar-refractivity contribution in [2.75, 3.05) is 59.0 Å². The molecular weight excluding hydrogens is 641 g/mol. The van der Waals surface area contributed by atoms with Crippen molar-refractivity contribution >= 4 is 37.7 Å². The van der Waals surface area contributed by atoms with E-state index in [1.165, 1.54) is 0 Å². The first kappa shape index (κ1) is 31.9. The van der Waals surface area contributed by atoms with Crippen molar-refractivity contribution in [1.29, 1.82) is 5.26 Å². The number of amides is 1. The van der Waals surface area contributed by atoms with Crippen LogP contribution in [0.4, 0.5) is 11.4 Å². The molecule has 4 fully saturated rings. The van der Waals surface area contributed by atoms with Crippen molar-refractivity contribution in [3.05, 3.63) is 48.5 Å². The highest BCUT2D eigenvalue weighted by molar-refractivity contribution is 8.24. The number of nitrogens with zero attached hydrogens (tertiary/aromatic N) is 5. The van der Waals surface area contributed by atoms with Crippen molar-refractivity contribution in [1.82, 2.24) is 15.3 Å². The minimum Gasteiger partial charge on any atom is -0.440 e. The Hall–Kier alpha value is -3.64. The third-order valence-corrected chi connectivity index (χ3v) is 13.3. The molecule has 250 valence electrons. The molecule has 2 atom stereocenters. The second-order valence-corrected chi connectivity index (χ2v) is 18.0. The number of sulfone groups is 1. The average Bonchev–Trinajstić information content (AvgIpc) is 3.71. The van der Waals surface area contributed by atoms with E-state index in [1.807, 2.05) is 35.2 Å². The number of carbonyl (C=O) groups excluding carboxylic acids is 1. The maximum Gasteiger partial charge on any atom is 0.228 e. The van der Waals surface area contributed by atoms with Crippen molar-refractivity contribution in [3.8, 4) is 28.8 Å². The summed E-state index contributed by atoms with van der Waals surface area (Å²) in [6, 6.07) is 12.2. The molecule has 0 spiro atoms. The number of benzene rings is 1. The molecule has 3 aromatic rings. The summed E-state index contributed by atoms with van der Waals surface area (Å²) < 4.78 is 50.8. The predicted octanol–water partition coefficient (Wildman–Crippen LogP) is 4.66. The van der Waals surface area contributed by atoms with E-state index in [-0.39, 0.29) is 29.2 Å². The van der Waals surface area contributed by atoms with Crippen LogP contribution in [0.5, 0.6) is 0 Å². The third-order valence-electron chi connectivity index (χ3n) is 9.98. The first-order chi connectivity index (χ1) is 22.5. The third kappa shape index (κ3) is 6.85. The van der Waals surface area contributed by atoms with E-state index >= 15 is 0 Å². The molecule has 47 heavy (non-hydrogen) atoms. The molecule has 0 unspecified atom stereocenters. The summed E-state index contributed by atoms with van der Waals surface area (Å²) in [5, 5.41) is 12.7. The molecule has 3 N–H and O–H groups in total. The number of anilines is 2. The molecular formula is C33H40N6O6S2. The minimum absolute atomic E-state index is 0.0954. The topological polar surface area (TPSA) is 173 Å². The van der Waals surface area contributed by atoms with Gasteiger partial charge in [-0.05, 0) is 43.9 Å². The average molecular weight is 681 g/mol. The lowest BCUT2D eigenvalue weighted by molar-refractivity contribution is -0.127. The highest BCUT2D eigenvalue weighted by Gasteiger charge is 2.47. The molecule has 2 aromatic heterocycles. The predicted molar refractivity (Wildman–Crippen MR) is 181 cm³/mol. The number of oxazole rings is 1. The largest absolute Gasteiger partial charge is 0.440 e. The lowest BCUT2D eigenvalue weighted by Crippen LogP contribution is -2.42. The molecule has 7 rings (SSSR count). The fourth-order valence-corrected chi connectivity index (χ4v) is 9.32. The number of hydrogen-bond acceptors (Lipinski definition) is 11. The minimum atomic E-state index is -3.04. The van der Waals surface area contributed by atoms with Gasteiger partial charge in [0.1, 0.15) is 17.0 Å². The molecule has 2 saturated carbocycles. The zero-order valence-corrected chi connectivity index (χ0v) is 27.8. The molecule has 0 radical (unpaired) electrons. The van der Waals surface area contributed by atoms with Crippen LogP contribution >= 0.6 is 10.6 Å². The molecule has 2 aliphatic carbocycles. The Morgan fingerprint density at radius 3 is 2.28 bits per heavy atom. The van der Waals surface area contributed by atoms with Gasteiger partial charge in [0.05, 0.1) is 46.5 Å². The Morgan fingerprint density at radius 1 is 0.936 bits per heavy atom. The van der Waals surface area contributed by atoms with Crippen LogP contribution in [-0.4, -0.2) is 88.1 Å². The van der Waals surface area contributed by atoms with Gasteiger partial charge in [0.2, 0.25) is 11.8 Å². The molecule has 2 saturated heterocycles. The smallest absolute Gasteiger partial charge is 0.228 e. The molecule has 1 amide bonds. The van der Waals surface area contributed by atoms with Crippen LogP contribution in [0.25, 0.3) is 22.7 Å². The van der Waals surface area contributed by atoms with Gasteiger partial charge in [0.15, 0.2) is 9.84 Å². The summed E-state index contributed by atoms with van der Waals surface area (Å²) in [5.74, 6) is 1.19. The maximum atomic E-state index is 13.6. The normalized spacial score (nSPS) is 25.4. The van der Waals surface area contributed by atoms with Gasteiger partial charge in [0.25, 0.3) is 0 Å². The molecule has 0 bridgehead atoms. The number of nitriles is 1. The zero-order chi connectivity index (χ0) is 32.8. The van der Waals surface area contributed by atoms with Crippen LogP contribution in [0, 0.1) is 17.2 Å². The summed E-state index contributed by atoms with van der Waals surface area (Å²) in [4.78, 5) is 27.2. The fraction of sp³-hybridized carbons (Fsp3) is 0.515.